The first-order valence-electron chi connectivity index (χ1n) is 7.71. The van der Waals surface area contributed by atoms with Crippen molar-refractivity contribution in [2.45, 2.75) is 38.4 Å². The summed E-state index contributed by atoms with van der Waals surface area (Å²) in [5.41, 5.74) is 1.27. The van der Waals surface area contributed by atoms with Gasteiger partial charge in [0.1, 0.15) is 9.76 Å². The smallest absolute Gasteiger partial charge is 0.157 e. The highest BCUT2D eigenvalue weighted by atomic mass is 79.9. The van der Waals surface area contributed by atoms with Crippen LogP contribution in [0.15, 0.2) is 28.9 Å². The average Bonchev–Trinajstić information content (AvgIpc) is 2.53. The summed E-state index contributed by atoms with van der Waals surface area (Å²) in [7, 11) is 0. The summed E-state index contributed by atoms with van der Waals surface area (Å²) < 4.78 is 12.2. The van der Waals surface area contributed by atoms with Gasteiger partial charge in [-0.1, -0.05) is 29.8 Å². The first-order valence-corrected chi connectivity index (χ1v) is 8.88. The third kappa shape index (κ3) is 3.99. The average molecular weight is 385 g/mol. The van der Waals surface area contributed by atoms with Gasteiger partial charge in [0, 0.05) is 12.0 Å². The van der Waals surface area contributed by atoms with Gasteiger partial charge in [0.25, 0.3) is 0 Å². The van der Waals surface area contributed by atoms with E-state index in [9.17, 15) is 0 Å². The minimum absolute atomic E-state index is 0.00550. The summed E-state index contributed by atoms with van der Waals surface area (Å²) in [6.07, 6.45) is 5.29. The van der Waals surface area contributed by atoms with Crippen LogP contribution in [0.3, 0.4) is 0 Å². The summed E-state index contributed by atoms with van der Waals surface area (Å²) in [4.78, 5) is 4.24. The summed E-state index contributed by atoms with van der Waals surface area (Å²) in [6.45, 7) is 1.55. The van der Waals surface area contributed by atoms with Crippen LogP contribution in [0.4, 0.5) is 0 Å². The van der Waals surface area contributed by atoms with Crippen LogP contribution in [0.5, 0.6) is 0 Å². The number of halogens is 2. The Morgan fingerprint density at radius 2 is 2.23 bits per heavy atom. The van der Waals surface area contributed by atoms with E-state index in [0.29, 0.717) is 5.15 Å². The molecule has 0 aliphatic carbocycles. The molecule has 0 saturated carbocycles. The molecule has 2 heterocycles. The molecule has 5 heteroatoms. The van der Waals surface area contributed by atoms with Crippen molar-refractivity contribution in [3.05, 3.63) is 39.6 Å². The maximum Gasteiger partial charge on any atom is 0.157 e. The van der Waals surface area contributed by atoms with E-state index in [1.165, 1.54) is 12.0 Å². The minimum Gasteiger partial charge on any atom is -0.353 e. The van der Waals surface area contributed by atoms with E-state index in [-0.39, 0.29) is 6.29 Å². The Bertz CT molecular complexity index is 644. The van der Waals surface area contributed by atoms with Crippen molar-refractivity contribution in [2.24, 2.45) is 0 Å². The second-order valence-corrected chi connectivity index (χ2v) is 6.66. The lowest BCUT2D eigenvalue weighted by molar-refractivity contribution is -0.162. The summed E-state index contributed by atoms with van der Waals surface area (Å²) in [5.74, 6) is 0. The Labute approximate surface area is 144 Å². The molecule has 0 N–H and O–H groups in total. The van der Waals surface area contributed by atoms with Crippen LogP contribution in [0.25, 0.3) is 10.8 Å². The summed E-state index contributed by atoms with van der Waals surface area (Å²) >= 11 is 9.56. The molecule has 1 unspecified atom stereocenters. The van der Waals surface area contributed by atoms with Crippen molar-refractivity contribution in [3.63, 3.8) is 0 Å². The summed E-state index contributed by atoms with van der Waals surface area (Å²) in [5, 5.41) is 2.76. The maximum absolute atomic E-state index is 6.08. The number of aromatic nitrogens is 1. The quantitative estimate of drug-likeness (QED) is 0.529. The van der Waals surface area contributed by atoms with Crippen LogP contribution in [0.1, 0.15) is 31.2 Å². The zero-order valence-corrected chi connectivity index (χ0v) is 14.7. The van der Waals surface area contributed by atoms with E-state index in [0.717, 1.165) is 54.3 Å². The molecule has 0 amide bonds. The van der Waals surface area contributed by atoms with Crippen molar-refractivity contribution in [1.82, 2.24) is 4.98 Å². The fourth-order valence-corrected chi connectivity index (χ4v) is 3.64. The molecule has 1 aliphatic heterocycles. The maximum atomic E-state index is 6.08. The van der Waals surface area contributed by atoms with Gasteiger partial charge in [-0.25, -0.2) is 4.98 Å². The van der Waals surface area contributed by atoms with E-state index < -0.39 is 0 Å². The van der Waals surface area contributed by atoms with E-state index in [2.05, 4.69) is 39.1 Å². The molecule has 1 fully saturated rings. The molecular formula is C17H19BrClNO2. The molecule has 2 aromatic rings. The number of ether oxygens (including phenoxy) is 2. The number of nitrogens with zero attached hydrogens (tertiary/aromatic N) is 1. The highest BCUT2D eigenvalue weighted by Crippen LogP contribution is 2.28. The van der Waals surface area contributed by atoms with Crippen LogP contribution < -0.4 is 0 Å². The van der Waals surface area contributed by atoms with Gasteiger partial charge < -0.3 is 9.47 Å². The van der Waals surface area contributed by atoms with Gasteiger partial charge in [0.15, 0.2) is 6.29 Å². The molecule has 0 spiro atoms. The molecule has 22 heavy (non-hydrogen) atoms. The molecule has 118 valence electrons. The van der Waals surface area contributed by atoms with Crippen molar-refractivity contribution < 1.29 is 9.47 Å². The number of hydrogen-bond donors (Lipinski definition) is 0. The second kappa shape index (κ2) is 7.73. The molecular weight excluding hydrogens is 366 g/mol. The molecule has 1 aromatic carbocycles. The Balaban J connectivity index is 1.61. The van der Waals surface area contributed by atoms with E-state index in [4.69, 9.17) is 21.1 Å². The first-order chi connectivity index (χ1) is 10.7. The third-order valence-electron chi connectivity index (χ3n) is 3.92. The van der Waals surface area contributed by atoms with Gasteiger partial charge in [0.2, 0.25) is 0 Å². The molecule has 1 saturated heterocycles. The number of aryl methyl sites for hydroxylation is 1. The number of rotatable bonds is 5. The molecule has 0 bridgehead atoms. The van der Waals surface area contributed by atoms with Gasteiger partial charge >= 0.3 is 0 Å². The molecule has 3 rings (SSSR count). The first kappa shape index (κ1) is 16.2. The lowest BCUT2D eigenvalue weighted by Gasteiger charge is -2.22. The van der Waals surface area contributed by atoms with Crippen LogP contribution in [0, 0.1) is 0 Å². The van der Waals surface area contributed by atoms with Crippen molar-refractivity contribution in [1.29, 1.82) is 0 Å². The van der Waals surface area contributed by atoms with Crippen molar-refractivity contribution >= 4 is 38.3 Å². The van der Waals surface area contributed by atoms with Gasteiger partial charge in [-0.3, -0.25) is 0 Å². The SMILES string of the molecule is Clc1cc2c(CCCOC3CCCCO3)cccc2c(Br)n1. The molecule has 1 aromatic heterocycles. The van der Waals surface area contributed by atoms with Crippen molar-refractivity contribution in [3.8, 4) is 0 Å². The number of fused-ring (bicyclic) bond motifs is 1. The van der Waals surface area contributed by atoms with Crippen LogP contribution in [0.2, 0.25) is 5.15 Å². The van der Waals surface area contributed by atoms with Gasteiger partial charge in [-0.15, -0.1) is 0 Å². The predicted molar refractivity (Wildman–Crippen MR) is 92.3 cm³/mol. The Hall–Kier alpha value is -0.680. The van der Waals surface area contributed by atoms with Gasteiger partial charge in [0.05, 0.1) is 6.61 Å². The topological polar surface area (TPSA) is 31.4 Å². The normalized spacial score (nSPS) is 18.7. The third-order valence-corrected chi connectivity index (χ3v) is 4.72. The standard InChI is InChI=1S/C17H19BrClNO2/c18-17-13-7-3-5-12(14(13)11-15(19)20-17)6-4-10-22-16-8-1-2-9-21-16/h3,5,7,11,16H,1-2,4,6,8-10H2. The zero-order valence-electron chi connectivity index (χ0n) is 12.4. The van der Waals surface area contributed by atoms with Crippen molar-refractivity contribution in [2.75, 3.05) is 13.2 Å². The Morgan fingerprint density at radius 3 is 3.05 bits per heavy atom. The van der Waals surface area contributed by atoms with Gasteiger partial charge in [-0.2, -0.15) is 0 Å². The number of hydrogen-bond acceptors (Lipinski definition) is 3. The summed E-state index contributed by atoms with van der Waals surface area (Å²) in [6, 6.07) is 8.19. The highest BCUT2D eigenvalue weighted by molar-refractivity contribution is 9.10. The second-order valence-electron chi connectivity index (χ2n) is 5.52. The largest absolute Gasteiger partial charge is 0.353 e. The fourth-order valence-electron chi connectivity index (χ4n) is 2.81. The monoisotopic (exact) mass is 383 g/mol. The number of pyridine rings is 1. The Kier molecular flexibility index (Phi) is 5.69. The van der Waals surface area contributed by atoms with E-state index in [1.807, 2.05) is 6.07 Å². The minimum atomic E-state index is -0.00550. The fraction of sp³-hybridized carbons (Fsp3) is 0.471. The lowest BCUT2D eigenvalue weighted by Crippen LogP contribution is -2.22. The molecule has 0 radical (unpaired) electrons. The van der Waals surface area contributed by atoms with Crippen LogP contribution >= 0.6 is 27.5 Å². The molecule has 1 aliphatic rings. The Morgan fingerprint density at radius 1 is 1.32 bits per heavy atom. The molecule has 3 nitrogen and oxygen atoms in total. The van der Waals surface area contributed by atoms with Gasteiger partial charge in [-0.05, 0) is 65.1 Å². The van der Waals surface area contributed by atoms with E-state index >= 15 is 0 Å². The lowest BCUT2D eigenvalue weighted by atomic mass is 10.0. The van der Waals surface area contributed by atoms with Crippen LogP contribution in [-0.4, -0.2) is 24.5 Å². The highest BCUT2D eigenvalue weighted by Gasteiger charge is 2.13. The number of benzene rings is 1. The zero-order chi connectivity index (χ0) is 15.4. The van der Waals surface area contributed by atoms with Crippen LogP contribution in [-0.2, 0) is 15.9 Å². The predicted octanol–water partition coefficient (Wildman–Crippen LogP) is 5.13. The molecule has 1 atom stereocenters. The van der Waals surface area contributed by atoms with E-state index in [1.54, 1.807) is 0 Å².